The van der Waals surface area contributed by atoms with Gasteiger partial charge >= 0.3 is 0 Å². The molecule has 0 saturated carbocycles. The van der Waals surface area contributed by atoms with E-state index in [1.165, 1.54) is 6.07 Å². The van der Waals surface area contributed by atoms with E-state index < -0.39 is 6.04 Å². The summed E-state index contributed by atoms with van der Waals surface area (Å²) in [6.07, 6.45) is 3.56. The molecule has 5 heteroatoms. The Bertz CT molecular complexity index is 750. The first-order valence-corrected chi connectivity index (χ1v) is 6.35. The quantitative estimate of drug-likeness (QED) is 0.567. The SMILES string of the molecule is Cc1ccc(F)c(C(NN)c2cnn3ccccc23)c1. The minimum Gasteiger partial charge on any atom is -0.271 e. The molecule has 20 heavy (non-hydrogen) atoms. The Kier molecular flexibility index (Phi) is 3.22. The second kappa shape index (κ2) is 5.03. The number of nitrogens with two attached hydrogens (primary N) is 1. The van der Waals surface area contributed by atoms with Gasteiger partial charge in [0, 0.05) is 17.3 Å². The average molecular weight is 270 g/mol. The summed E-state index contributed by atoms with van der Waals surface area (Å²) in [5.74, 6) is 5.37. The van der Waals surface area contributed by atoms with Crippen molar-refractivity contribution < 1.29 is 4.39 Å². The van der Waals surface area contributed by atoms with Gasteiger partial charge in [0.05, 0.1) is 17.8 Å². The van der Waals surface area contributed by atoms with E-state index in [4.69, 9.17) is 5.84 Å². The second-order valence-corrected chi connectivity index (χ2v) is 4.76. The molecule has 2 aromatic heterocycles. The van der Waals surface area contributed by atoms with Gasteiger partial charge in [-0.3, -0.25) is 5.84 Å². The zero-order chi connectivity index (χ0) is 14.1. The molecular formula is C15H15FN4. The highest BCUT2D eigenvalue weighted by Gasteiger charge is 2.20. The van der Waals surface area contributed by atoms with Crippen LogP contribution in [0.5, 0.6) is 0 Å². The lowest BCUT2D eigenvalue weighted by Crippen LogP contribution is -2.29. The molecule has 0 aliphatic heterocycles. The van der Waals surface area contributed by atoms with Gasteiger partial charge in [-0.15, -0.1) is 0 Å². The van der Waals surface area contributed by atoms with Crippen molar-refractivity contribution in [1.82, 2.24) is 15.0 Å². The molecule has 102 valence electrons. The maximum atomic E-state index is 14.1. The van der Waals surface area contributed by atoms with Crippen molar-refractivity contribution in [3.05, 3.63) is 71.3 Å². The molecule has 3 aromatic rings. The van der Waals surface area contributed by atoms with Crippen molar-refractivity contribution in [2.24, 2.45) is 5.84 Å². The van der Waals surface area contributed by atoms with Crippen molar-refractivity contribution in [1.29, 1.82) is 0 Å². The summed E-state index contributed by atoms with van der Waals surface area (Å²) in [4.78, 5) is 0. The van der Waals surface area contributed by atoms with Gasteiger partial charge in [0.15, 0.2) is 0 Å². The smallest absolute Gasteiger partial charge is 0.128 e. The summed E-state index contributed by atoms with van der Waals surface area (Å²) in [5.41, 5.74) is 5.94. The van der Waals surface area contributed by atoms with Gasteiger partial charge in [-0.25, -0.2) is 14.3 Å². The summed E-state index contributed by atoms with van der Waals surface area (Å²) in [7, 11) is 0. The molecule has 3 rings (SSSR count). The van der Waals surface area contributed by atoms with Crippen LogP contribution >= 0.6 is 0 Å². The molecule has 0 saturated heterocycles. The van der Waals surface area contributed by atoms with Crippen LogP contribution in [0.1, 0.15) is 22.7 Å². The van der Waals surface area contributed by atoms with Gasteiger partial charge in [0.1, 0.15) is 5.82 Å². The summed E-state index contributed by atoms with van der Waals surface area (Å²) in [5, 5.41) is 4.26. The summed E-state index contributed by atoms with van der Waals surface area (Å²) in [6, 6.07) is 10.3. The summed E-state index contributed by atoms with van der Waals surface area (Å²) >= 11 is 0. The van der Waals surface area contributed by atoms with Crippen LogP contribution in [0.15, 0.2) is 48.8 Å². The molecule has 0 fully saturated rings. The third-order valence-electron chi connectivity index (χ3n) is 3.40. The number of nitrogens with zero attached hydrogens (tertiary/aromatic N) is 2. The van der Waals surface area contributed by atoms with E-state index in [9.17, 15) is 4.39 Å². The molecule has 0 bridgehead atoms. The fourth-order valence-electron chi connectivity index (χ4n) is 2.41. The number of benzene rings is 1. The van der Waals surface area contributed by atoms with E-state index >= 15 is 0 Å². The van der Waals surface area contributed by atoms with E-state index in [0.717, 1.165) is 16.6 Å². The van der Waals surface area contributed by atoms with Crippen LogP contribution in [-0.4, -0.2) is 9.61 Å². The third kappa shape index (κ3) is 2.07. The highest BCUT2D eigenvalue weighted by atomic mass is 19.1. The van der Waals surface area contributed by atoms with E-state index in [0.29, 0.717) is 5.56 Å². The zero-order valence-electron chi connectivity index (χ0n) is 11.0. The predicted molar refractivity (Wildman–Crippen MR) is 75.5 cm³/mol. The van der Waals surface area contributed by atoms with Gasteiger partial charge in [-0.1, -0.05) is 23.8 Å². The van der Waals surface area contributed by atoms with E-state index in [-0.39, 0.29) is 5.82 Å². The Labute approximate surface area is 116 Å². The Hall–Kier alpha value is -2.24. The van der Waals surface area contributed by atoms with Gasteiger partial charge in [-0.05, 0) is 25.1 Å². The lowest BCUT2D eigenvalue weighted by Gasteiger charge is -2.17. The predicted octanol–water partition coefficient (Wildman–Crippen LogP) is 2.33. The molecule has 2 heterocycles. The molecule has 0 aliphatic rings. The van der Waals surface area contributed by atoms with Crippen molar-refractivity contribution in [3.8, 4) is 0 Å². The fourth-order valence-corrected chi connectivity index (χ4v) is 2.41. The number of pyridine rings is 1. The Morgan fingerprint density at radius 1 is 1.25 bits per heavy atom. The molecule has 1 aromatic carbocycles. The van der Waals surface area contributed by atoms with E-state index in [2.05, 4.69) is 10.5 Å². The molecule has 4 nitrogen and oxygen atoms in total. The molecule has 0 spiro atoms. The first-order valence-electron chi connectivity index (χ1n) is 6.35. The first kappa shape index (κ1) is 12.8. The van der Waals surface area contributed by atoms with Crippen LogP contribution in [0.3, 0.4) is 0 Å². The number of aromatic nitrogens is 2. The van der Waals surface area contributed by atoms with Gasteiger partial charge in [-0.2, -0.15) is 5.10 Å². The molecule has 3 N–H and O–H groups in total. The average Bonchev–Trinajstić information content (AvgIpc) is 2.88. The standard InChI is InChI=1S/C15H15FN4/c1-10-5-6-13(16)11(8-10)15(19-17)12-9-18-20-7-3-2-4-14(12)20/h2-9,15,19H,17H2,1H3. The minimum atomic E-state index is -0.435. The van der Waals surface area contributed by atoms with Gasteiger partial charge in [0.2, 0.25) is 0 Å². The zero-order valence-corrected chi connectivity index (χ0v) is 11.0. The number of hydrogen-bond acceptors (Lipinski definition) is 3. The van der Waals surface area contributed by atoms with Crippen molar-refractivity contribution in [2.45, 2.75) is 13.0 Å². The normalized spacial score (nSPS) is 12.8. The molecule has 0 radical (unpaired) electrons. The van der Waals surface area contributed by atoms with Gasteiger partial charge < -0.3 is 0 Å². The number of aryl methyl sites for hydroxylation is 1. The largest absolute Gasteiger partial charge is 0.271 e. The number of rotatable bonds is 3. The topological polar surface area (TPSA) is 55.3 Å². The van der Waals surface area contributed by atoms with E-state index in [1.807, 2.05) is 31.3 Å². The number of hydrogen-bond donors (Lipinski definition) is 2. The maximum absolute atomic E-state index is 14.1. The van der Waals surface area contributed by atoms with Crippen molar-refractivity contribution >= 4 is 5.52 Å². The molecule has 0 amide bonds. The Balaban J connectivity index is 2.16. The fraction of sp³-hybridized carbons (Fsp3) is 0.133. The van der Waals surface area contributed by atoms with Crippen LogP contribution < -0.4 is 11.3 Å². The number of fused-ring (bicyclic) bond motifs is 1. The minimum absolute atomic E-state index is 0.283. The lowest BCUT2D eigenvalue weighted by atomic mass is 9.98. The first-order chi connectivity index (χ1) is 9.70. The lowest BCUT2D eigenvalue weighted by molar-refractivity contribution is 0.561. The third-order valence-corrected chi connectivity index (χ3v) is 3.40. The number of hydrazine groups is 1. The monoisotopic (exact) mass is 270 g/mol. The summed E-state index contributed by atoms with van der Waals surface area (Å²) in [6.45, 7) is 1.92. The molecular weight excluding hydrogens is 255 g/mol. The Morgan fingerprint density at radius 3 is 2.90 bits per heavy atom. The van der Waals surface area contributed by atoms with Crippen LogP contribution in [0.25, 0.3) is 5.52 Å². The van der Waals surface area contributed by atoms with Crippen molar-refractivity contribution in [3.63, 3.8) is 0 Å². The summed E-state index contributed by atoms with van der Waals surface area (Å²) < 4.78 is 15.8. The van der Waals surface area contributed by atoms with Crippen LogP contribution in [0, 0.1) is 12.7 Å². The molecule has 1 atom stereocenters. The second-order valence-electron chi connectivity index (χ2n) is 4.76. The van der Waals surface area contributed by atoms with Crippen LogP contribution in [0.2, 0.25) is 0 Å². The number of nitrogens with one attached hydrogen (secondary N) is 1. The van der Waals surface area contributed by atoms with Crippen LogP contribution in [0.4, 0.5) is 4.39 Å². The van der Waals surface area contributed by atoms with Crippen LogP contribution in [-0.2, 0) is 0 Å². The highest BCUT2D eigenvalue weighted by Crippen LogP contribution is 2.27. The van der Waals surface area contributed by atoms with E-state index in [1.54, 1.807) is 22.8 Å². The maximum Gasteiger partial charge on any atom is 0.128 e. The van der Waals surface area contributed by atoms with Crippen molar-refractivity contribution in [2.75, 3.05) is 0 Å². The Morgan fingerprint density at radius 2 is 2.10 bits per heavy atom. The molecule has 0 aliphatic carbocycles. The van der Waals surface area contributed by atoms with Gasteiger partial charge in [0.25, 0.3) is 0 Å². The molecule has 1 unspecified atom stereocenters. The number of halogens is 1. The highest BCUT2D eigenvalue weighted by molar-refractivity contribution is 5.57.